The van der Waals surface area contributed by atoms with Crippen LogP contribution in [-0.2, 0) is 0 Å². The molecule has 8 heteroatoms. The predicted octanol–water partition coefficient (Wildman–Crippen LogP) is 3.04. The zero-order chi connectivity index (χ0) is 20.1. The third-order valence-electron chi connectivity index (χ3n) is 5.27. The molecule has 0 saturated carbocycles. The molecule has 4 heterocycles. The van der Waals surface area contributed by atoms with E-state index in [0.717, 1.165) is 39.5 Å². The van der Waals surface area contributed by atoms with Crippen molar-refractivity contribution in [2.75, 3.05) is 6.61 Å². The van der Waals surface area contributed by atoms with Crippen LogP contribution in [0.1, 0.15) is 11.6 Å². The standard InChI is InChI=1S/C22H17N7O/c23-17-13-30-18-12-15(6-7-16(17)18)21-22(14-4-2-1-3-5-14)29-19(25-21)8-9-20(26-29)28-11-10-24-27-28/h1-12,17H,13,23H2/t17-/m0/s1. The van der Waals surface area contributed by atoms with Gasteiger partial charge in [0.15, 0.2) is 11.5 Å². The number of fused-ring (bicyclic) bond motifs is 2. The van der Waals surface area contributed by atoms with Gasteiger partial charge >= 0.3 is 0 Å². The van der Waals surface area contributed by atoms with Gasteiger partial charge in [0.05, 0.1) is 24.1 Å². The van der Waals surface area contributed by atoms with Crippen molar-refractivity contribution >= 4 is 5.65 Å². The molecule has 2 N–H and O–H groups in total. The summed E-state index contributed by atoms with van der Waals surface area (Å²) in [5, 5.41) is 12.7. The number of benzene rings is 2. The van der Waals surface area contributed by atoms with E-state index in [-0.39, 0.29) is 6.04 Å². The van der Waals surface area contributed by atoms with Gasteiger partial charge in [0.1, 0.15) is 18.1 Å². The predicted molar refractivity (Wildman–Crippen MR) is 111 cm³/mol. The lowest BCUT2D eigenvalue weighted by Crippen LogP contribution is -2.10. The molecular weight excluding hydrogens is 378 g/mol. The first-order chi connectivity index (χ1) is 14.8. The van der Waals surface area contributed by atoms with Gasteiger partial charge in [0.2, 0.25) is 0 Å². The number of aromatic nitrogens is 6. The van der Waals surface area contributed by atoms with Crippen LogP contribution in [0.25, 0.3) is 34.0 Å². The van der Waals surface area contributed by atoms with E-state index in [1.165, 1.54) is 0 Å². The fourth-order valence-corrected chi connectivity index (χ4v) is 3.81. The Morgan fingerprint density at radius 2 is 1.90 bits per heavy atom. The van der Waals surface area contributed by atoms with Gasteiger partial charge in [-0.25, -0.2) is 14.2 Å². The molecule has 0 unspecified atom stereocenters. The molecule has 0 fully saturated rings. The molecule has 2 aromatic carbocycles. The number of hydrogen-bond acceptors (Lipinski definition) is 6. The largest absolute Gasteiger partial charge is 0.491 e. The Morgan fingerprint density at radius 3 is 2.73 bits per heavy atom. The van der Waals surface area contributed by atoms with Gasteiger partial charge < -0.3 is 10.5 Å². The van der Waals surface area contributed by atoms with Crippen LogP contribution in [-0.4, -0.2) is 36.2 Å². The first-order valence-corrected chi connectivity index (χ1v) is 9.62. The van der Waals surface area contributed by atoms with Crippen molar-refractivity contribution in [2.24, 2.45) is 5.73 Å². The summed E-state index contributed by atoms with van der Waals surface area (Å²) in [7, 11) is 0. The Labute approximate surface area is 171 Å². The summed E-state index contributed by atoms with van der Waals surface area (Å²) in [6.45, 7) is 0.498. The number of hydrogen-bond donors (Lipinski definition) is 1. The maximum absolute atomic E-state index is 6.11. The van der Waals surface area contributed by atoms with Crippen LogP contribution in [0.2, 0.25) is 0 Å². The normalized spacial score (nSPS) is 15.3. The van der Waals surface area contributed by atoms with E-state index in [1.807, 2.05) is 53.0 Å². The second kappa shape index (κ2) is 6.50. The molecule has 0 radical (unpaired) electrons. The number of imidazole rings is 1. The van der Waals surface area contributed by atoms with Crippen molar-refractivity contribution in [3.63, 3.8) is 0 Å². The monoisotopic (exact) mass is 395 g/mol. The molecule has 146 valence electrons. The summed E-state index contributed by atoms with van der Waals surface area (Å²) in [5.74, 6) is 1.47. The lowest BCUT2D eigenvalue weighted by atomic mass is 10.0. The maximum atomic E-state index is 6.11. The highest BCUT2D eigenvalue weighted by molar-refractivity contribution is 5.82. The summed E-state index contributed by atoms with van der Waals surface area (Å²) >= 11 is 0. The SMILES string of the molecule is N[C@H]1COc2cc(-c3nc4ccc(-n5ccnn5)nn4c3-c3ccccc3)ccc21. The van der Waals surface area contributed by atoms with Crippen molar-refractivity contribution in [3.8, 4) is 34.1 Å². The molecule has 1 aliphatic rings. The molecule has 30 heavy (non-hydrogen) atoms. The van der Waals surface area contributed by atoms with E-state index in [4.69, 9.17) is 20.6 Å². The Hall–Kier alpha value is -4.04. The molecule has 8 nitrogen and oxygen atoms in total. The zero-order valence-electron chi connectivity index (χ0n) is 15.9. The van der Waals surface area contributed by atoms with E-state index in [2.05, 4.69) is 22.4 Å². The minimum atomic E-state index is -0.0874. The molecule has 0 spiro atoms. The molecule has 1 atom stereocenters. The Bertz CT molecular complexity index is 1360. The summed E-state index contributed by atoms with van der Waals surface area (Å²) in [6, 6.07) is 19.9. The lowest BCUT2D eigenvalue weighted by Gasteiger charge is -2.07. The van der Waals surface area contributed by atoms with Gasteiger partial charge in [-0.1, -0.05) is 47.7 Å². The zero-order valence-corrected chi connectivity index (χ0v) is 15.9. The van der Waals surface area contributed by atoms with Crippen molar-refractivity contribution in [1.82, 2.24) is 29.6 Å². The molecule has 5 aromatic rings. The highest BCUT2D eigenvalue weighted by Crippen LogP contribution is 2.38. The van der Waals surface area contributed by atoms with Crippen LogP contribution < -0.4 is 10.5 Å². The maximum Gasteiger partial charge on any atom is 0.175 e. The topological polar surface area (TPSA) is 96.2 Å². The van der Waals surface area contributed by atoms with E-state index >= 15 is 0 Å². The highest BCUT2D eigenvalue weighted by Gasteiger charge is 2.23. The Kier molecular flexibility index (Phi) is 3.65. The van der Waals surface area contributed by atoms with Gasteiger partial charge in [-0.3, -0.25) is 0 Å². The molecule has 3 aromatic heterocycles. The van der Waals surface area contributed by atoms with Crippen molar-refractivity contribution in [1.29, 1.82) is 0 Å². The summed E-state index contributed by atoms with van der Waals surface area (Å²) in [5.41, 5.74) is 11.6. The third-order valence-corrected chi connectivity index (χ3v) is 5.27. The summed E-state index contributed by atoms with van der Waals surface area (Å²) in [6.07, 6.45) is 3.38. The molecule has 0 saturated heterocycles. The average Bonchev–Trinajstić information content (AvgIpc) is 3.52. The fraction of sp³-hybridized carbons (Fsp3) is 0.0909. The second-order valence-corrected chi connectivity index (χ2v) is 7.15. The van der Waals surface area contributed by atoms with Gasteiger partial charge in [-0.2, -0.15) is 0 Å². The molecule has 0 aliphatic carbocycles. The van der Waals surface area contributed by atoms with Crippen LogP contribution in [0.4, 0.5) is 0 Å². The minimum Gasteiger partial charge on any atom is -0.491 e. The number of nitrogens with two attached hydrogens (primary N) is 1. The molecule has 0 bridgehead atoms. The smallest absolute Gasteiger partial charge is 0.175 e. The summed E-state index contributed by atoms with van der Waals surface area (Å²) < 4.78 is 9.24. The molecular formula is C22H17N7O. The van der Waals surface area contributed by atoms with Crippen molar-refractivity contribution < 1.29 is 4.74 Å². The first kappa shape index (κ1) is 16.9. The summed E-state index contributed by atoms with van der Waals surface area (Å²) in [4.78, 5) is 4.89. The Morgan fingerprint density at radius 1 is 1.00 bits per heavy atom. The second-order valence-electron chi connectivity index (χ2n) is 7.15. The Balaban J connectivity index is 1.60. The van der Waals surface area contributed by atoms with Crippen LogP contribution >= 0.6 is 0 Å². The number of rotatable bonds is 3. The van der Waals surface area contributed by atoms with E-state index in [1.54, 1.807) is 17.1 Å². The molecule has 0 amide bonds. The highest BCUT2D eigenvalue weighted by atomic mass is 16.5. The first-order valence-electron chi connectivity index (χ1n) is 9.62. The third kappa shape index (κ3) is 2.58. The van der Waals surface area contributed by atoms with Crippen LogP contribution in [0.3, 0.4) is 0 Å². The lowest BCUT2D eigenvalue weighted by molar-refractivity contribution is 0.333. The molecule has 6 rings (SSSR count). The van der Waals surface area contributed by atoms with Gasteiger partial charge in [0, 0.05) is 16.7 Å². The van der Waals surface area contributed by atoms with Crippen LogP contribution in [0, 0.1) is 0 Å². The van der Waals surface area contributed by atoms with Crippen LogP contribution in [0.5, 0.6) is 5.75 Å². The molecule has 1 aliphatic heterocycles. The van der Waals surface area contributed by atoms with Gasteiger partial charge in [-0.15, -0.1) is 10.2 Å². The van der Waals surface area contributed by atoms with Gasteiger partial charge in [0.25, 0.3) is 0 Å². The van der Waals surface area contributed by atoms with Crippen molar-refractivity contribution in [3.05, 3.63) is 78.6 Å². The van der Waals surface area contributed by atoms with Crippen molar-refractivity contribution in [2.45, 2.75) is 6.04 Å². The van der Waals surface area contributed by atoms with Gasteiger partial charge in [-0.05, 0) is 18.2 Å². The van der Waals surface area contributed by atoms with E-state index in [0.29, 0.717) is 12.4 Å². The van der Waals surface area contributed by atoms with Crippen LogP contribution in [0.15, 0.2) is 73.1 Å². The quantitative estimate of drug-likeness (QED) is 0.504. The number of ether oxygens (including phenoxy) is 1. The van der Waals surface area contributed by atoms with E-state index in [9.17, 15) is 0 Å². The minimum absolute atomic E-state index is 0.0874. The average molecular weight is 395 g/mol. The van der Waals surface area contributed by atoms with E-state index < -0.39 is 0 Å². The number of nitrogens with zero attached hydrogens (tertiary/aromatic N) is 6. The fourth-order valence-electron chi connectivity index (χ4n) is 3.81.